The van der Waals surface area contributed by atoms with Gasteiger partial charge in [-0.05, 0) is 19.4 Å². The molecule has 7 nitrogen and oxygen atoms in total. The lowest BCUT2D eigenvalue weighted by atomic mass is 10.1. The van der Waals surface area contributed by atoms with E-state index in [0.717, 1.165) is 34.2 Å². The maximum Gasteiger partial charge on any atom is 0.208 e. The summed E-state index contributed by atoms with van der Waals surface area (Å²) in [6, 6.07) is 9.64. The topological polar surface area (TPSA) is 103 Å². The molecule has 3 rings (SSSR count). The fourth-order valence-electron chi connectivity index (χ4n) is 2.82. The lowest BCUT2D eigenvalue weighted by Crippen LogP contribution is -2.24. The standard InChI is InChI=1S/C17H21N5O2S/c1-11-12(2)22(18)17-15(11)14(9-10-19-25(3,23)24)20-16(21-17)13-7-5-4-6-8-13/h4-8,19H,9-10,18H2,1-3H3. The second kappa shape index (κ2) is 6.45. The number of hydrogen-bond acceptors (Lipinski definition) is 5. The van der Waals surface area contributed by atoms with Gasteiger partial charge >= 0.3 is 0 Å². The number of nitrogens with one attached hydrogen (secondary N) is 1. The number of sulfonamides is 1. The minimum absolute atomic E-state index is 0.271. The van der Waals surface area contributed by atoms with E-state index >= 15 is 0 Å². The molecule has 0 spiro atoms. The molecule has 0 fully saturated rings. The van der Waals surface area contributed by atoms with Crippen molar-refractivity contribution in [1.82, 2.24) is 19.4 Å². The van der Waals surface area contributed by atoms with Gasteiger partial charge in [0.05, 0.1) is 11.9 Å². The normalized spacial score (nSPS) is 12.0. The molecule has 8 heteroatoms. The molecule has 132 valence electrons. The smallest absolute Gasteiger partial charge is 0.208 e. The van der Waals surface area contributed by atoms with Crippen LogP contribution in [0.3, 0.4) is 0 Å². The molecule has 0 unspecified atom stereocenters. The van der Waals surface area contributed by atoms with Crippen LogP contribution in [0.15, 0.2) is 30.3 Å². The zero-order chi connectivity index (χ0) is 18.2. The first-order chi connectivity index (χ1) is 11.8. The summed E-state index contributed by atoms with van der Waals surface area (Å²) in [6.45, 7) is 4.17. The molecule has 0 aliphatic rings. The molecule has 0 saturated carbocycles. The Morgan fingerprint density at radius 1 is 1.16 bits per heavy atom. The Morgan fingerprint density at radius 2 is 1.84 bits per heavy atom. The lowest BCUT2D eigenvalue weighted by molar-refractivity contribution is 0.587. The summed E-state index contributed by atoms with van der Waals surface area (Å²) in [5, 5.41) is 0.884. The van der Waals surface area contributed by atoms with Crippen molar-refractivity contribution in [2.75, 3.05) is 18.6 Å². The maximum absolute atomic E-state index is 11.3. The van der Waals surface area contributed by atoms with E-state index in [2.05, 4.69) is 9.71 Å². The minimum Gasteiger partial charge on any atom is -0.337 e. The number of benzene rings is 1. The van der Waals surface area contributed by atoms with Crippen LogP contribution in [0.5, 0.6) is 0 Å². The Bertz CT molecular complexity index is 1030. The van der Waals surface area contributed by atoms with E-state index in [0.29, 0.717) is 17.9 Å². The quantitative estimate of drug-likeness (QED) is 0.672. The van der Waals surface area contributed by atoms with Gasteiger partial charge in [0.2, 0.25) is 10.0 Å². The largest absolute Gasteiger partial charge is 0.337 e. The Morgan fingerprint density at radius 3 is 2.48 bits per heavy atom. The van der Waals surface area contributed by atoms with Crippen molar-refractivity contribution in [3.63, 3.8) is 0 Å². The first-order valence-electron chi connectivity index (χ1n) is 7.91. The lowest BCUT2D eigenvalue weighted by Gasteiger charge is -2.08. The first-order valence-corrected chi connectivity index (χ1v) is 9.80. The van der Waals surface area contributed by atoms with Gasteiger partial charge in [0.15, 0.2) is 11.5 Å². The van der Waals surface area contributed by atoms with Crippen molar-refractivity contribution in [1.29, 1.82) is 0 Å². The highest BCUT2D eigenvalue weighted by molar-refractivity contribution is 7.88. The summed E-state index contributed by atoms with van der Waals surface area (Å²) in [7, 11) is -3.25. The predicted octanol–water partition coefficient (Wildman–Crippen LogP) is 1.52. The van der Waals surface area contributed by atoms with Gasteiger partial charge in [-0.15, -0.1) is 0 Å². The number of nitrogen functional groups attached to an aromatic ring is 1. The fourth-order valence-corrected chi connectivity index (χ4v) is 3.30. The zero-order valence-corrected chi connectivity index (χ0v) is 15.3. The van der Waals surface area contributed by atoms with Gasteiger partial charge in [0.25, 0.3) is 0 Å². The number of nitrogens with zero attached hydrogens (tertiary/aromatic N) is 3. The molecule has 0 amide bonds. The molecule has 3 aromatic rings. The molecule has 3 N–H and O–H groups in total. The Labute approximate surface area is 146 Å². The molecule has 0 saturated heterocycles. The van der Waals surface area contributed by atoms with Crippen LogP contribution in [-0.4, -0.2) is 35.9 Å². The highest BCUT2D eigenvalue weighted by Gasteiger charge is 2.18. The number of fused-ring (bicyclic) bond motifs is 1. The summed E-state index contributed by atoms with van der Waals surface area (Å²) < 4.78 is 26.7. The summed E-state index contributed by atoms with van der Waals surface area (Å²) in [4.78, 5) is 9.32. The third kappa shape index (κ3) is 3.49. The average molecular weight is 359 g/mol. The van der Waals surface area contributed by atoms with Gasteiger partial charge in [-0.2, -0.15) is 0 Å². The van der Waals surface area contributed by atoms with Crippen LogP contribution >= 0.6 is 0 Å². The van der Waals surface area contributed by atoms with Crippen molar-refractivity contribution in [3.05, 3.63) is 47.3 Å². The molecular formula is C17H21N5O2S. The molecule has 25 heavy (non-hydrogen) atoms. The van der Waals surface area contributed by atoms with E-state index < -0.39 is 10.0 Å². The van der Waals surface area contributed by atoms with Gasteiger partial charge in [-0.3, -0.25) is 0 Å². The monoisotopic (exact) mass is 359 g/mol. The summed E-state index contributed by atoms with van der Waals surface area (Å²) in [6.07, 6.45) is 1.60. The third-order valence-electron chi connectivity index (χ3n) is 4.23. The summed E-state index contributed by atoms with van der Waals surface area (Å²) in [5.74, 6) is 6.74. The van der Waals surface area contributed by atoms with E-state index in [1.54, 1.807) is 4.68 Å². The number of aryl methyl sites for hydroxylation is 1. The Hall–Kier alpha value is -2.45. The number of aromatic nitrogens is 3. The summed E-state index contributed by atoms with van der Waals surface area (Å²) in [5.41, 5.74) is 4.24. The van der Waals surface area contributed by atoms with Gasteiger partial charge in [-0.25, -0.2) is 27.8 Å². The van der Waals surface area contributed by atoms with E-state index in [4.69, 9.17) is 10.8 Å². The minimum atomic E-state index is -3.25. The van der Waals surface area contributed by atoms with E-state index in [9.17, 15) is 8.42 Å². The van der Waals surface area contributed by atoms with Crippen molar-refractivity contribution in [2.45, 2.75) is 20.3 Å². The second-order valence-corrected chi connectivity index (χ2v) is 7.89. The van der Waals surface area contributed by atoms with Gasteiger partial charge in [0.1, 0.15) is 0 Å². The van der Waals surface area contributed by atoms with Crippen LogP contribution < -0.4 is 10.6 Å². The number of nitrogens with two attached hydrogens (primary N) is 1. The number of hydrogen-bond donors (Lipinski definition) is 2. The molecule has 1 aromatic carbocycles. The fraction of sp³-hybridized carbons (Fsp3) is 0.294. The van der Waals surface area contributed by atoms with Crippen molar-refractivity contribution >= 4 is 21.1 Å². The Balaban J connectivity index is 2.13. The second-order valence-electron chi connectivity index (χ2n) is 6.06. The molecule has 0 aliphatic heterocycles. The molecule has 2 heterocycles. The predicted molar refractivity (Wildman–Crippen MR) is 99.1 cm³/mol. The van der Waals surface area contributed by atoms with E-state index in [-0.39, 0.29) is 6.54 Å². The van der Waals surface area contributed by atoms with Gasteiger partial charge < -0.3 is 5.84 Å². The van der Waals surface area contributed by atoms with Crippen LogP contribution in [0.25, 0.3) is 22.4 Å². The number of rotatable bonds is 5. The molecule has 2 aromatic heterocycles. The van der Waals surface area contributed by atoms with Crippen LogP contribution in [0.4, 0.5) is 0 Å². The molecular weight excluding hydrogens is 338 g/mol. The van der Waals surface area contributed by atoms with E-state index in [1.807, 2.05) is 44.2 Å². The van der Waals surface area contributed by atoms with Gasteiger partial charge in [0, 0.05) is 29.6 Å². The third-order valence-corrected chi connectivity index (χ3v) is 4.96. The van der Waals surface area contributed by atoms with Crippen molar-refractivity contribution in [2.24, 2.45) is 0 Å². The highest BCUT2D eigenvalue weighted by atomic mass is 32.2. The first kappa shape index (κ1) is 17.4. The van der Waals surface area contributed by atoms with Crippen LogP contribution in [-0.2, 0) is 16.4 Å². The van der Waals surface area contributed by atoms with Crippen LogP contribution in [0.2, 0.25) is 0 Å². The molecule has 0 aliphatic carbocycles. The highest BCUT2D eigenvalue weighted by Crippen LogP contribution is 2.27. The van der Waals surface area contributed by atoms with Crippen molar-refractivity contribution in [3.8, 4) is 11.4 Å². The molecule has 0 radical (unpaired) electrons. The maximum atomic E-state index is 11.3. The van der Waals surface area contributed by atoms with Crippen LogP contribution in [0, 0.1) is 13.8 Å². The average Bonchev–Trinajstić information content (AvgIpc) is 2.79. The van der Waals surface area contributed by atoms with Gasteiger partial charge in [-0.1, -0.05) is 30.3 Å². The SMILES string of the molecule is Cc1c(C)n(N)c2nc(-c3ccccc3)nc(CCNS(C)(=O)=O)c12. The molecule has 0 bridgehead atoms. The van der Waals surface area contributed by atoms with E-state index in [1.165, 1.54) is 0 Å². The van der Waals surface area contributed by atoms with Crippen molar-refractivity contribution < 1.29 is 8.42 Å². The zero-order valence-electron chi connectivity index (χ0n) is 14.4. The molecule has 0 atom stereocenters. The van der Waals surface area contributed by atoms with Crippen LogP contribution in [0.1, 0.15) is 17.0 Å². The Kier molecular flexibility index (Phi) is 4.49. The summed E-state index contributed by atoms with van der Waals surface area (Å²) >= 11 is 0.